The highest BCUT2D eigenvalue weighted by Gasteiger charge is 2.31. The molecule has 7 rings (SSSR count). The number of sulfonamides is 1. The zero-order chi connectivity index (χ0) is 28.8. The van der Waals surface area contributed by atoms with E-state index in [4.69, 9.17) is 28.2 Å². The smallest absolute Gasteiger partial charge is 0.244 e. The van der Waals surface area contributed by atoms with E-state index in [9.17, 15) is 8.42 Å². The van der Waals surface area contributed by atoms with E-state index in [1.54, 1.807) is 17.4 Å². The maximum absolute atomic E-state index is 13.4. The van der Waals surface area contributed by atoms with Crippen molar-refractivity contribution in [2.45, 2.75) is 11.4 Å². The summed E-state index contributed by atoms with van der Waals surface area (Å²) in [5.74, 6) is 0. The molecule has 0 spiro atoms. The summed E-state index contributed by atoms with van der Waals surface area (Å²) in [6.45, 7) is 2.54. The van der Waals surface area contributed by atoms with Gasteiger partial charge in [0.15, 0.2) is 0 Å². The van der Waals surface area contributed by atoms with Gasteiger partial charge in [-0.1, -0.05) is 71.7 Å². The Morgan fingerprint density at radius 1 is 0.810 bits per heavy atom. The highest BCUT2D eigenvalue weighted by Crippen LogP contribution is 2.35. The van der Waals surface area contributed by atoms with Crippen molar-refractivity contribution in [3.05, 3.63) is 113 Å². The first kappa shape index (κ1) is 27.6. The van der Waals surface area contributed by atoms with Gasteiger partial charge in [0, 0.05) is 64.6 Å². The lowest BCUT2D eigenvalue weighted by Crippen LogP contribution is -2.48. The van der Waals surface area contributed by atoms with Gasteiger partial charge in [-0.05, 0) is 47.9 Å². The van der Waals surface area contributed by atoms with Crippen molar-refractivity contribution in [2.24, 2.45) is 0 Å². The molecule has 6 aromatic rings. The SMILES string of the molecule is O=S(=O)(c1ccc(Cl)cc1Cl)N1CCN(Cc2c(-c3ccccc3)nc3ccc(-c4cc5ccccc5s4)cn23)CC1. The molecular formula is C32H26Cl2N4O2S2. The number of pyridine rings is 1. The number of halogens is 2. The second kappa shape index (κ2) is 11.1. The molecule has 0 bridgehead atoms. The zero-order valence-electron chi connectivity index (χ0n) is 22.5. The molecule has 0 saturated carbocycles. The van der Waals surface area contributed by atoms with E-state index < -0.39 is 10.0 Å². The Morgan fingerprint density at radius 3 is 2.33 bits per heavy atom. The van der Waals surface area contributed by atoms with Crippen molar-refractivity contribution >= 4 is 60.3 Å². The summed E-state index contributed by atoms with van der Waals surface area (Å²) < 4.78 is 31.7. The van der Waals surface area contributed by atoms with Crippen LogP contribution in [0.25, 0.3) is 37.4 Å². The molecule has 212 valence electrons. The van der Waals surface area contributed by atoms with Crippen LogP contribution in [0.1, 0.15) is 5.69 Å². The maximum atomic E-state index is 13.4. The summed E-state index contributed by atoms with van der Waals surface area (Å²) in [5, 5.41) is 1.78. The van der Waals surface area contributed by atoms with Crippen molar-refractivity contribution in [2.75, 3.05) is 26.2 Å². The number of hydrogen-bond donors (Lipinski definition) is 0. The molecule has 0 amide bonds. The van der Waals surface area contributed by atoms with Crippen LogP contribution < -0.4 is 0 Å². The molecule has 6 nitrogen and oxygen atoms in total. The zero-order valence-corrected chi connectivity index (χ0v) is 25.6. The van der Waals surface area contributed by atoms with Crippen LogP contribution in [0.5, 0.6) is 0 Å². The molecule has 0 unspecified atom stereocenters. The molecule has 1 saturated heterocycles. The quantitative estimate of drug-likeness (QED) is 0.189. The van der Waals surface area contributed by atoms with E-state index in [0.29, 0.717) is 37.7 Å². The molecule has 1 aliphatic rings. The molecule has 0 N–H and O–H groups in total. The molecule has 4 heterocycles. The number of nitrogens with zero attached hydrogens (tertiary/aromatic N) is 4. The van der Waals surface area contributed by atoms with Crippen LogP contribution in [0.15, 0.2) is 102 Å². The fourth-order valence-corrected chi connectivity index (χ4v) is 8.73. The van der Waals surface area contributed by atoms with Gasteiger partial charge in [0.1, 0.15) is 10.5 Å². The molecule has 0 radical (unpaired) electrons. The normalized spacial score (nSPS) is 15.1. The van der Waals surface area contributed by atoms with Crippen LogP contribution in [0.3, 0.4) is 0 Å². The predicted octanol–water partition coefficient (Wildman–Crippen LogP) is 7.70. The van der Waals surface area contributed by atoms with Crippen molar-refractivity contribution in [1.29, 1.82) is 0 Å². The maximum Gasteiger partial charge on any atom is 0.244 e. The predicted molar refractivity (Wildman–Crippen MR) is 172 cm³/mol. The van der Waals surface area contributed by atoms with Crippen LogP contribution in [0.4, 0.5) is 0 Å². The second-order valence-corrected chi connectivity index (χ2v) is 14.2. The molecule has 1 aliphatic heterocycles. The third-order valence-electron chi connectivity index (χ3n) is 7.69. The number of imidazole rings is 1. The molecule has 0 aliphatic carbocycles. The number of aromatic nitrogens is 2. The minimum Gasteiger partial charge on any atom is -0.301 e. The molecule has 1 fully saturated rings. The summed E-state index contributed by atoms with van der Waals surface area (Å²) in [7, 11) is -3.73. The number of thiophene rings is 1. The van der Waals surface area contributed by atoms with Gasteiger partial charge in [-0.3, -0.25) is 4.90 Å². The van der Waals surface area contributed by atoms with Crippen molar-refractivity contribution in [3.63, 3.8) is 0 Å². The third kappa shape index (κ3) is 5.13. The Kier molecular flexibility index (Phi) is 7.30. The van der Waals surface area contributed by atoms with E-state index >= 15 is 0 Å². The lowest BCUT2D eigenvalue weighted by Gasteiger charge is -2.34. The Balaban J connectivity index is 1.20. The van der Waals surface area contributed by atoms with E-state index in [-0.39, 0.29) is 9.92 Å². The lowest BCUT2D eigenvalue weighted by molar-refractivity contribution is 0.180. The van der Waals surface area contributed by atoms with Gasteiger partial charge in [0.05, 0.1) is 16.4 Å². The summed E-state index contributed by atoms with van der Waals surface area (Å²) >= 11 is 14.0. The first-order valence-corrected chi connectivity index (χ1v) is 16.6. The Hall–Kier alpha value is -3.24. The van der Waals surface area contributed by atoms with E-state index in [1.165, 1.54) is 31.4 Å². The average molecular weight is 634 g/mol. The van der Waals surface area contributed by atoms with Gasteiger partial charge in [0.2, 0.25) is 10.0 Å². The fraction of sp³-hybridized carbons (Fsp3) is 0.156. The number of hydrogen-bond acceptors (Lipinski definition) is 5. The summed E-state index contributed by atoms with van der Waals surface area (Å²) in [5.41, 5.74) is 5.09. The standard InChI is InChI=1S/C32H26Cl2N4O2S2/c33-25-11-12-30(26(34)19-25)42(39,40)37-16-14-36(15-17-37)21-27-32(22-6-2-1-3-7-22)35-31-13-10-24(20-38(27)31)29-18-23-8-4-5-9-28(23)41-29/h1-13,18-20H,14-17,21H2. The minimum atomic E-state index is -3.73. The van der Waals surface area contributed by atoms with Crippen LogP contribution >= 0.6 is 34.5 Å². The number of benzene rings is 3. The first-order valence-electron chi connectivity index (χ1n) is 13.6. The third-order valence-corrected chi connectivity index (χ3v) is 11.5. The van der Waals surface area contributed by atoms with Gasteiger partial charge in [-0.2, -0.15) is 4.31 Å². The van der Waals surface area contributed by atoms with Gasteiger partial charge < -0.3 is 4.40 Å². The number of fused-ring (bicyclic) bond motifs is 2. The van der Waals surface area contributed by atoms with E-state index in [2.05, 4.69) is 70.1 Å². The lowest BCUT2D eigenvalue weighted by atomic mass is 10.1. The highest BCUT2D eigenvalue weighted by molar-refractivity contribution is 7.89. The van der Waals surface area contributed by atoms with Crippen molar-refractivity contribution in [1.82, 2.24) is 18.6 Å². The van der Waals surface area contributed by atoms with Gasteiger partial charge in [-0.15, -0.1) is 11.3 Å². The largest absolute Gasteiger partial charge is 0.301 e. The molecular weight excluding hydrogens is 607 g/mol. The average Bonchev–Trinajstić information content (AvgIpc) is 3.59. The minimum absolute atomic E-state index is 0.0870. The van der Waals surface area contributed by atoms with Crippen LogP contribution in [0, 0.1) is 0 Å². The van der Waals surface area contributed by atoms with Gasteiger partial charge in [0.25, 0.3) is 0 Å². The summed E-state index contributed by atoms with van der Waals surface area (Å²) in [6.07, 6.45) is 2.18. The Morgan fingerprint density at radius 2 is 1.57 bits per heavy atom. The summed E-state index contributed by atoms with van der Waals surface area (Å²) in [4.78, 5) is 8.63. The molecule has 3 aromatic carbocycles. The van der Waals surface area contributed by atoms with E-state index in [0.717, 1.165) is 28.2 Å². The Labute approximate surface area is 258 Å². The molecule has 42 heavy (non-hydrogen) atoms. The van der Waals surface area contributed by atoms with Crippen LogP contribution in [-0.2, 0) is 16.6 Å². The molecule has 3 aromatic heterocycles. The number of rotatable bonds is 6. The van der Waals surface area contributed by atoms with Gasteiger partial charge >= 0.3 is 0 Å². The first-order chi connectivity index (χ1) is 20.4. The topological polar surface area (TPSA) is 57.9 Å². The summed E-state index contributed by atoms with van der Waals surface area (Å²) in [6, 6.07) is 29.6. The van der Waals surface area contributed by atoms with E-state index in [1.807, 2.05) is 18.2 Å². The fourth-order valence-electron chi connectivity index (χ4n) is 5.50. The second-order valence-electron chi connectivity index (χ2n) is 10.3. The molecule has 10 heteroatoms. The highest BCUT2D eigenvalue weighted by atomic mass is 35.5. The molecule has 0 atom stereocenters. The monoisotopic (exact) mass is 632 g/mol. The van der Waals surface area contributed by atoms with Crippen molar-refractivity contribution < 1.29 is 8.42 Å². The van der Waals surface area contributed by atoms with Gasteiger partial charge in [-0.25, -0.2) is 13.4 Å². The number of piperazine rings is 1. The van der Waals surface area contributed by atoms with Crippen LogP contribution in [0.2, 0.25) is 10.0 Å². The van der Waals surface area contributed by atoms with Crippen LogP contribution in [-0.4, -0.2) is 53.2 Å². The Bertz CT molecular complexity index is 2000. The van der Waals surface area contributed by atoms with Crippen molar-refractivity contribution in [3.8, 4) is 21.7 Å².